The molecule has 0 radical (unpaired) electrons. The van der Waals surface area contributed by atoms with Gasteiger partial charge in [0.05, 0.1) is 6.20 Å². The van der Waals surface area contributed by atoms with Gasteiger partial charge in [-0.05, 0) is 32.8 Å². The van der Waals surface area contributed by atoms with Crippen LogP contribution in [0.5, 0.6) is 0 Å². The van der Waals surface area contributed by atoms with Gasteiger partial charge in [0, 0.05) is 30.1 Å². The van der Waals surface area contributed by atoms with E-state index >= 15 is 0 Å². The first-order valence-corrected chi connectivity index (χ1v) is 5.44. The Morgan fingerprint density at radius 2 is 2.27 bits per heavy atom. The Hall–Kier alpha value is -1.38. The maximum Gasteiger partial charge on any atom is 0.0527 e. The summed E-state index contributed by atoms with van der Waals surface area (Å²) in [5.41, 5.74) is 3.63. The molecule has 0 aromatic carbocycles. The first kappa shape index (κ1) is 10.1. The van der Waals surface area contributed by atoms with Gasteiger partial charge in [0.25, 0.3) is 0 Å². The van der Waals surface area contributed by atoms with E-state index in [-0.39, 0.29) is 0 Å². The molecular formula is C12H17N3. The number of aliphatic imine (C=N–C) groups is 1. The molecule has 1 aromatic heterocycles. The molecule has 1 unspecified atom stereocenters. The van der Waals surface area contributed by atoms with E-state index in [0.29, 0.717) is 5.92 Å². The van der Waals surface area contributed by atoms with E-state index in [0.717, 1.165) is 18.7 Å². The van der Waals surface area contributed by atoms with Crippen molar-refractivity contribution >= 4 is 5.71 Å². The molecule has 1 atom stereocenters. The van der Waals surface area contributed by atoms with Gasteiger partial charge in [-0.15, -0.1) is 0 Å². The number of aromatic nitrogens is 2. The predicted octanol–water partition coefficient (Wildman–Crippen LogP) is 2.76. The van der Waals surface area contributed by atoms with Crippen molar-refractivity contribution < 1.29 is 0 Å². The molecule has 0 saturated heterocycles. The smallest absolute Gasteiger partial charge is 0.0527 e. The minimum atomic E-state index is 0.461. The monoisotopic (exact) mass is 203 g/mol. The van der Waals surface area contributed by atoms with Gasteiger partial charge in [0.2, 0.25) is 0 Å². The number of hydrogen-bond acceptors (Lipinski definition) is 2. The Morgan fingerprint density at radius 1 is 1.47 bits per heavy atom. The van der Waals surface area contributed by atoms with Crippen LogP contribution >= 0.6 is 0 Å². The van der Waals surface area contributed by atoms with Crippen molar-refractivity contribution in [3.05, 3.63) is 29.7 Å². The standard InChI is InChI=1S/C12H17N3/c1-4-15-8-12(7-13-15)11-5-9(2)14-10(3)6-11/h5,7-8,11H,4,6H2,1-3H3. The summed E-state index contributed by atoms with van der Waals surface area (Å²) < 4.78 is 1.97. The molecule has 2 rings (SSSR count). The maximum absolute atomic E-state index is 4.44. The Labute approximate surface area is 90.5 Å². The van der Waals surface area contributed by atoms with Gasteiger partial charge in [-0.1, -0.05) is 6.08 Å². The first-order chi connectivity index (χ1) is 7.19. The number of nitrogens with zero attached hydrogens (tertiary/aromatic N) is 3. The van der Waals surface area contributed by atoms with E-state index in [9.17, 15) is 0 Å². The van der Waals surface area contributed by atoms with Crippen LogP contribution in [-0.2, 0) is 6.54 Å². The average Bonchev–Trinajstić information content (AvgIpc) is 2.64. The number of hydrogen-bond donors (Lipinski definition) is 0. The van der Waals surface area contributed by atoms with Crippen LogP contribution in [0.25, 0.3) is 0 Å². The molecule has 3 nitrogen and oxygen atoms in total. The number of allylic oxidation sites excluding steroid dienone is 2. The van der Waals surface area contributed by atoms with Crippen LogP contribution in [-0.4, -0.2) is 15.5 Å². The summed E-state index contributed by atoms with van der Waals surface area (Å²) in [6.07, 6.45) is 7.35. The SMILES string of the molecule is CCn1cc(C2C=C(C)N=C(C)C2)cn1. The molecule has 1 aliphatic heterocycles. The maximum atomic E-state index is 4.44. The van der Waals surface area contributed by atoms with E-state index in [1.807, 2.05) is 10.9 Å². The van der Waals surface area contributed by atoms with Gasteiger partial charge >= 0.3 is 0 Å². The van der Waals surface area contributed by atoms with Crippen LogP contribution < -0.4 is 0 Å². The highest BCUT2D eigenvalue weighted by Gasteiger charge is 2.15. The summed E-state index contributed by atoms with van der Waals surface area (Å²) in [5, 5.41) is 4.31. The van der Waals surface area contributed by atoms with Crippen molar-refractivity contribution in [3.63, 3.8) is 0 Å². The molecule has 0 saturated carbocycles. The molecule has 0 amide bonds. The van der Waals surface area contributed by atoms with Crippen LogP contribution in [0.3, 0.4) is 0 Å². The largest absolute Gasteiger partial charge is 0.273 e. The molecule has 0 spiro atoms. The zero-order valence-electron chi connectivity index (χ0n) is 9.57. The fourth-order valence-corrected chi connectivity index (χ4v) is 2.01. The first-order valence-electron chi connectivity index (χ1n) is 5.44. The Balaban J connectivity index is 2.22. The van der Waals surface area contributed by atoms with Crippen LogP contribution in [0, 0.1) is 0 Å². The van der Waals surface area contributed by atoms with E-state index < -0.39 is 0 Å². The van der Waals surface area contributed by atoms with Crippen molar-refractivity contribution in [1.82, 2.24) is 9.78 Å². The minimum Gasteiger partial charge on any atom is -0.273 e. The van der Waals surface area contributed by atoms with E-state index in [4.69, 9.17) is 0 Å². The summed E-state index contributed by atoms with van der Waals surface area (Å²) in [4.78, 5) is 4.44. The Bertz CT molecular complexity index is 412. The second-order valence-electron chi connectivity index (χ2n) is 4.10. The van der Waals surface area contributed by atoms with Crippen molar-refractivity contribution in [1.29, 1.82) is 0 Å². The normalized spacial score (nSPS) is 21.1. The number of aryl methyl sites for hydroxylation is 1. The highest BCUT2D eigenvalue weighted by molar-refractivity contribution is 5.84. The van der Waals surface area contributed by atoms with Gasteiger partial charge in [-0.2, -0.15) is 5.10 Å². The highest BCUT2D eigenvalue weighted by Crippen LogP contribution is 2.26. The lowest BCUT2D eigenvalue weighted by molar-refractivity contribution is 0.658. The zero-order valence-corrected chi connectivity index (χ0v) is 9.57. The van der Waals surface area contributed by atoms with Crippen LogP contribution in [0.15, 0.2) is 29.2 Å². The van der Waals surface area contributed by atoms with Gasteiger partial charge < -0.3 is 0 Å². The third kappa shape index (κ3) is 2.17. The molecule has 80 valence electrons. The lowest BCUT2D eigenvalue weighted by Gasteiger charge is -2.16. The summed E-state index contributed by atoms with van der Waals surface area (Å²) in [6.45, 7) is 7.18. The molecule has 1 aromatic rings. The third-order valence-corrected chi connectivity index (χ3v) is 2.73. The van der Waals surface area contributed by atoms with Gasteiger partial charge in [-0.25, -0.2) is 0 Å². The summed E-state index contributed by atoms with van der Waals surface area (Å²) in [5.74, 6) is 0.461. The summed E-state index contributed by atoms with van der Waals surface area (Å²) in [6, 6.07) is 0. The minimum absolute atomic E-state index is 0.461. The fourth-order valence-electron chi connectivity index (χ4n) is 2.01. The number of rotatable bonds is 2. The molecule has 0 aliphatic carbocycles. The highest BCUT2D eigenvalue weighted by atomic mass is 15.3. The Kier molecular flexibility index (Phi) is 2.71. The van der Waals surface area contributed by atoms with Crippen LogP contribution in [0.2, 0.25) is 0 Å². The second-order valence-corrected chi connectivity index (χ2v) is 4.10. The molecule has 0 fully saturated rings. The van der Waals surface area contributed by atoms with Gasteiger partial charge in [-0.3, -0.25) is 9.67 Å². The Morgan fingerprint density at radius 3 is 2.87 bits per heavy atom. The van der Waals surface area contributed by atoms with Gasteiger partial charge in [0.1, 0.15) is 0 Å². The van der Waals surface area contributed by atoms with Crippen molar-refractivity contribution in [2.45, 2.75) is 39.7 Å². The average molecular weight is 203 g/mol. The van der Waals surface area contributed by atoms with E-state index in [2.05, 4.69) is 43.1 Å². The fraction of sp³-hybridized carbons (Fsp3) is 0.500. The van der Waals surface area contributed by atoms with E-state index in [1.165, 1.54) is 11.3 Å². The molecule has 1 aliphatic rings. The predicted molar refractivity (Wildman–Crippen MR) is 62.1 cm³/mol. The van der Waals surface area contributed by atoms with E-state index in [1.54, 1.807) is 0 Å². The van der Waals surface area contributed by atoms with Crippen molar-refractivity contribution in [3.8, 4) is 0 Å². The second kappa shape index (κ2) is 4.01. The quantitative estimate of drug-likeness (QED) is 0.727. The molecule has 0 bridgehead atoms. The molecule has 15 heavy (non-hydrogen) atoms. The van der Waals surface area contributed by atoms with Crippen LogP contribution in [0.4, 0.5) is 0 Å². The molecule has 2 heterocycles. The topological polar surface area (TPSA) is 30.2 Å². The molecule has 0 N–H and O–H groups in total. The summed E-state index contributed by atoms with van der Waals surface area (Å²) in [7, 11) is 0. The van der Waals surface area contributed by atoms with Gasteiger partial charge in [0.15, 0.2) is 0 Å². The molecular weight excluding hydrogens is 186 g/mol. The van der Waals surface area contributed by atoms with Crippen LogP contribution in [0.1, 0.15) is 38.7 Å². The zero-order chi connectivity index (χ0) is 10.8. The summed E-state index contributed by atoms with van der Waals surface area (Å²) >= 11 is 0. The third-order valence-electron chi connectivity index (χ3n) is 2.73. The lowest BCUT2D eigenvalue weighted by Crippen LogP contribution is -2.06. The lowest BCUT2D eigenvalue weighted by atomic mass is 9.93. The molecule has 3 heteroatoms. The van der Waals surface area contributed by atoms with Crippen molar-refractivity contribution in [2.24, 2.45) is 4.99 Å². The van der Waals surface area contributed by atoms with Crippen molar-refractivity contribution in [2.75, 3.05) is 0 Å².